The average molecular weight is 237 g/mol. The normalized spacial score (nSPS) is 11.0. The van der Waals surface area contributed by atoms with Gasteiger partial charge >= 0.3 is 0 Å². The van der Waals surface area contributed by atoms with Crippen LogP contribution in [0.2, 0.25) is 0 Å². The lowest BCUT2D eigenvalue weighted by molar-refractivity contribution is 1.08. The fraction of sp³-hybridized carbons (Fsp3) is 0.235. The molecule has 0 unspecified atom stereocenters. The third-order valence-corrected chi connectivity index (χ3v) is 3.11. The second kappa shape index (κ2) is 6.15. The van der Waals surface area contributed by atoms with Gasteiger partial charge in [-0.3, -0.25) is 4.99 Å². The zero-order valence-corrected chi connectivity index (χ0v) is 11.1. The summed E-state index contributed by atoms with van der Waals surface area (Å²) in [7, 11) is 0. The Kier molecular flexibility index (Phi) is 4.30. The highest BCUT2D eigenvalue weighted by Gasteiger charge is 2.03. The third kappa shape index (κ3) is 2.86. The Labute approximate surface area is 109 Å². The first-order valence-electron chi connectivity index (χ1n) is 6.55. The van der Waals surface area contributed by atoms with E-state index in [1.54, 1.807) is 0 Å². The highest BCUT2D eigenvalue weighted by atomic mass is 14.7. The molecule has 0 N–H and O–H groups in total. The molecule has 18 heavy (non-hydrogen) atoms. The maximum atomic E-state index is 4.69. The first kappa shape index (κ1) is 12.6. The zero-order chi connectivity index (χ0) is 12.8. The molecule has 0 saturated heterocycles. The first-order chi connectivity index (χ1) is 8.85. The molecule has 2 aromatic rings. The summed E-state index contributed by atoms with van der Waals surface area (Å²) < 4.78 is 0. The van der Waals surface area contributed by atoms with Gasteiger partial charge in [0, 0.05) is 6.21 Å². The molecule has 0 aliphatic rings. The highest BCUT2D eigenvalue weighted by Crippen LogP contribution is 2.25. The van der Waals surface area contributed by atoms with Crippen LogP contribution in [-0.4, -0.2) is 6.21 Å². The molecule has 2 aromatic carbocycles. The van der Waals surface area contributed by atoms with E-state index in [9.17, 15) is 0 Å². The molecule has 0 aliphatic carbocycles. The summed E-state index contributed by atoms with van der Waals surface area (Å²) in [6, 6.07) is 16.7. The van der Waals surface area contributed by atoms with Crippen LogP contribution >= 0.6 is 0 Å². The van der Waals surface area contributed by atoms with Crippen molar-refractivity contribution < 1.29 is 0 Å². The second-order valence-corrected chi connectivity index (χ2v) is 4.30. The molecule has 1 heteroatoms. The standard InChI is InChI=1S/C17H19N/c1-3-15-11-8-12-16(4-2)17(15)18-13-14-9-6-5-7-10-14/h5-13H,3-4H2,1-2H3. The van der Waals surface area contributed by atoms with E-state index >= 15 is 0 Å². The molecule has 0 saturated carbocycles. The minimum Gasteiger partial charge on any atom is -0.256 e. The fourth-order valence-electron chi connectivity index (χ4n) is 2.06. The topological polar surface area (TPSA) is 12.4 Å². The van der Waals surface area contributed by atoms with Crippen molar-refractivity contribution in [3.63, 3.8) is 0 Å². The lowest BCUT2D eigenvalue weighted by Crippen LogP contribution is -1.89. The van der Waals surface area contributed by atoms with Crippen molar-refractivity contribution in [2.24, 2.45) is 4.99 Å². The van der Waals surface area contributed by atoms with E-state index in [0.717, 1.165) is 24.1 Å². The number of nitrogens with zero attached hydrogens (tertiary/aromatic N) is 1. The molecule has 0 bridgehead atoms. The van der Waals surface area contributed by atoms with Crippen molar-refractivity contribution in [1.82, 2.24) is 0 Å². The average Bonchev–Trinajstić information content (AvgIpc) is 2.45. The maximum Gasteiger partial charge on any atom is 0.0693 e. The quantitative estimate of drug-likeness (QED) is 0.691. The number of aliphatic imine (C=N–C) groups is 1. The van der Waals surface area contributed by atoms with Gasteiger partial charge in [-0.2, -0.15) is 0 Å². The minimum atomic E-state index is 1.02. The number of benzene rings is 2. The van der Waals surface area contributed by atoms with Crippen molar-refractivity contribution in [2.75, 3.05) is 0 Å². The Morgan fingerprint density at radius 1 is 0.833 bits per heavy atom. The molecule has 0 aliphatic heterocycles. The lowest BCUT2D eigenvalue weighted by Gasteiger charge is -2.08. The highest BCUT2D eigenvalue weighted by molar-refractivity contribution is 5.82. The van der Waals surface area contributed by atoms with Crippen molar-refractivity contribution in [3.8, 4) is 0 Å². The van der Waals surface area contributed by atoms with Gasteiger partial charge in [0.25, 0.3) is 0 Å². The van der Waals surface area contributed by atoms with Crippen LogP contribution in [0.5, 0.6) is 0 Å². The largest absolute Gasteiger partial charge is 0.256 e. The smallest absolute Gasteiger partial charge is 0.0693 e. The molecule has 0 fully saturated rings. The molecule has 2 rings (SSSR count). The summed E-state index contributed by atoms with van der Waals surface area (Å²) >= 11 is 0. The van der Waals surface area contributed by atoms with Crippen molar-refractivity contribution in [1.29, 1.82) is 0 Å². The Morgan fingerprint density at radius 2 is 1.44 bits per heavy atom. The van der Waals surface area contributed by atoms with Crippen LogP contribution < -0.4 is 0 Å². The summed E-state index contributed by atoms with van der Waals surface area (Å²) in [5.74, 6) is 0. The number of aryl methyl sites for hydroxylation is 2. The number of para-hydroxylation sites is 1. The van der Waals surface area contributed by atoms with E-state index in [2.05, 4.69) is 44.2 Å². The van der Waals surface area contributed by atoms with Gasteiger partial charge in [-0.15, -0.1) is 0 Å². The monoisotopic (exact) mass is 237 g/mol. The molecule has 0 aromatic heterocycles. The van der Waals surface area contributed by atoms with E-state index in [0.29, 0.717) is 0 Å². The number of rotatable bonds is 4. The summed E-state index contributed by atoms with van der Waals surface area (Å²) in [5.41, 5.74) is 4.93. The van der Waals surface area contributed by atoms with E-state index in [1.165, 1.54) is 11.1 Å². The van der Waals surface area contributed by atoms with Crippen LogP contribution in [0, 0.1) is 0 Å². The summed E-state index contributed by atoms with van der Waals surface area (Å²) in [5, 5.41) is 0. The van der Waals surface area contributed by atoms with Crippen LogP contribution in [-0.2, 0) is 12.8 Å². The minimum absolute atomic E-state index is 1.02. The molecule has 0 radical (unpaired) electrons. The van der Waals surface area contributed by atoms with Crippen molar-refractivity contribution in [2.45, 2.75) is 26.7 Å². The van der Waals surface area contributed by atoms with Crippen LogP contribution in [0.4, 0.5) is 5.69 Å². The van der Waals surface area contributed by atoms with E-state index < -0.39 is 0 Å². The Morgan fingerprint density at radius 3 is 2.00 bits per heavy atom. The number of hydrogen-bond donors (Lipinski definition) is 0. The van der Waals surface area contributed by atoms with Gasteiger partial charge in [-0.25, -0.2) is 0 Å². The van der Waals surface area contributed by atoms with Crippen LogP contribution in [0.25, 0.3) is 0 Å². The van der Waals surface area contributed by atoms with Gasteiger partial charge in [0.05, 0.1) is 5.69 Å². The Bertz CT molecular complexity index is 504. The molecule has 0 atom stereocenters. The predicted molar refractivity (Wildman–Crippen MR) is 78.9 cm³/mol. The molecular weight excluding hydrogens is 218 g/mol. The Balaban J connectivity index is 2.36. The van der Waals surface area contributed by atoms with E-state index in [4.69, 9.17) is 4.99 Å². The van der Waals surface area contributed by atoms with E-state index in [-0.39, 0.29) is 0 Å². The predicted octanol–water partition coefficient (Wildman–Crippen LogP) is 4.56. The molecule has 0 amide bonds. The number of hydrogen-bond acceptors (Lipinski definition) is 1. The zero-order valence-electron chi connectivity index (χ0n) is 11.1. The summed E-state index contributed by atoms with van der Waals surface area (Å²) in [6.07, 6.45) is 4.00. The molecule has 0 spiro atoms. The molecule has 92 valence electrons. The van der Waals surface area contributed by atoms with Crippen molar-refractivity contribution >= 4 is 11.9 Å². The first-order valence-corrected chi connectivity index (χ1v) is 6.55. The Hall–Kier alpha value is -1.89. The van der Waals surface area contributed by atoms with Crippen LogP contribution in [0.15, 0.2) is 53.5 Å². The van der Waals surface area contributed by atoms with Crippen LogP contribution in [0.1, 0.15) is 30.5 Å². The summed E-state index contributed by atoms with van der Waals surface area (Å²) in [4.78, 5) is 4.69. The van der Waals surface area contributed by atoms with Gasteiger partial charge in [0.1, 0.15) is 0 Å². The SMILES string of the molecule is CCc1cccc(CC)c1N=Cc1ccccc1. The van der Waals surface area contributed by atoms with Crippen molar-refractivity contribution in [3.05, 3.63) is 65.2 Å². The summed E-state index contributed by atoms with van der Waals surface area (Å²) in [6.45, 7) is 4.35. The van der Waals surface area contributed by atoms with Gasteiger partial charge in [0.2, 0.25) is 0 Å². The molecular formula is C17H19N. The third-order valence-electron chi connectivity index (χ3n) is 3.11. The fourth-order valence-corrected chi connectivity index (χ4v) is 2.06. The van der Waals surface area contributed by atoms with Gasteiger partial charge in [0.15, 0.2) is 0 Å². The van der Waals surface area contributed by atoms with Crippen LogP contribution in [0.3, 0.4) is 0 Å². The maximum absolute atomic E-state index is 4.69. The van der Waals surface area contributed by atoms with Gasteiger partial charge in [-0.1, -0.05) is 62.4 Å². The lowest BCUT2D eigenvalue weighted by atomic mass is 10.0. The second-order valence-electron chi connectivity index (χ2n) is 4.30. The molecule has 1 nitrogen and oxygen atoms in total. The van der Waals surface area contributed by atoms with E-state index in [1.807, 2.05) is 24.4 Å². The van der Waals surface area contributed by atoms with Gasteiger partial charge < -0.3 is 0 Å². The molecule has 0 heterocycles. The van der Waals surface area contributed by atoms with Gasteiger partial charge in [-0.05, 0) is 29.5 Å².